The van der Waals surface area contributed by atoms with Crippen LogP contribution in [-0.4, -0.2) is 67.5 Å². The molecule has 0 saturated carbocycles. The summed E-state index contributed by atoms with van der Waals surface area (Å²) >= 11 is -1.49. The predicted molar refractivity (Wildman–Crippen MR) is 203 cm³/mol. The molecular formula is C38H56N6O3SSi. The molecule has 0 radical (unpaired) electrons. The van der Waals surface area contributed by atoms with Gasteiger partial charge in [0.2, 0.25) is 0 Å². The van der Waals surface area contributed by atoms with Gasteiger partial charge in [-0.3, -0.25) is 0 Å². The number of nitrogens with one attached hydrogen (secondary N) is 1. The predicted octanol–water partition coefficient (Wildman–Crippen LogP) is 7.81. The van der Waals surface area contributed by atoms with Gasteiger partial charge in [0.1, 0.15) is 4.75 Å². The van der Waals surface area contributed by atoms with E-state index in [1.54, 1.807) is 0 Å². The van der Waals surface area contributed by atoms with Gasteiger partial charge in [-0.25, -0.2) is 14.6 Å². The summed E-state index contributed by atoms with van der Waals surface area (Å²) in [5.41, 5.74) is 3.69. The minimum atomic E-state index is -1.95. The van der Waals surface area contributed by atoms with Crippen LogP contribution in [0.25, 0.3) is 28.0 Å². The van der Waals surface area contributed by atoms with Gasteiger partial charge < -0.3 is 19.0 Å². The summed E-state index contributed by atoms with van der Waals surface area (Å²) in [6.07, 6.45) is 5.16. The molecule has 0 aliphatic carbocycles. The van der Waals surface area contributed by atoms with Crippen molar-refractivity contribution in [3.63, 3.8) is 0 Å². The van der Waals surface area contributed by atoms with E-state index in [4.69, 9.17) is 19.5 Å². The highest BCUT2D eigenvalue weighted by molar-refractivity contribution is 7.90. The highest BCUT2D eigenvalue weighted by atomic mass is 32.2. The summed E-state index contributed by atoms with van der Waals surface area (Å²) in [5.74, 6) is 1.12. The van der Waals surface area contributed by atoms with E-state index in [-0.39, 0.29) is 5.04 Å². The van der Waals surface area contributed by atoms with Crippen LogP contribution in [0.1, 0.15) is 97.0 Å². The fraction of sp³-hybridized carbons (Fsp3) is 0.553. The smallest absolute Gasteiger partial charge is 0.200 e. The molecule has 1 aliphatic rings. The number of piperidine rings is 1. The molecule has 2 unspecified atom stereocenters. The summed E-state index contributed by atoms with van der Waals surface area (Å²) in [4.78, 5) is 12.4. The SMILES string of the molecule is CCCC(O)(N[S+]([O-])C(C)(C)C)c1cccc(-c2cc(C3CCN(C)CC3)c3cnn(-c4cccc(CO[Si](C)(C)C(C)(C)C)n4)c3c2)n1. The molecule has 4 heterocycles. The van der Waals surface area contributed by atoms with E-state index in [0.29, 0.717) is 31.1 Å². The standard InChI is InChI=1S/C38H56N6O3SSi/c1-11-20-38(45,42-48(46)36(2,3)4)34-16-13-15-32(41-34)28-23-30(27-18-21-43(8)22-19-27)31-25-39-44(33(31)24-28)35-17-12-14-29(40-35)26-47-49(9,10)37(5,6)7/h12-17,23-25,27,42,45H,11,18-22,26H2,1-10H3. The summed E-state index contributed by atoms with van der Waals surface area (Å²) < 4.78 is 24.1. The van der Waals surface area contributed by atoms with Gasteiger partial charge in [0.05, 0.1) is 35.4 Å². The lowest BCUT2D eigenvalue weighted by molar-refractivity contribution is 0.0101. The van der Waals surface area contributed by atoms with Crippen LogP contribution in [-0.2, 0) is 28.1 Å². The number of fused-ring (bicyclic) bond motifs is 1. The number of hydrogen-bond donors (Lipinski definition) is 2. The average molecular weight is 705 g/mol. The number of rotatable bonds is 11. The Labute approximate surface area is 297 Å². The Morgan fingerprint density at radius 3 is 2.37 bits per heavy atom. The molecule has 2 atom stereocenters. The van der Waals surface area contributed by atoms with E-state index in [2.05, 4.69) is 62.7 Å². The highest BCUT2D eigenvalue weighted by Crippen LogP contribution is 2.39. The highest BCUT2D eigenvalue weighted by Gasteiger charge is 2.40. The lowest BCUT2D eigenvalue weighted by atomic mass is 9.86. The van der Waals surface area contributed by atoms with Gasteiger partial charge in [0.25, 0.3) is 0 Å². The second-order valence-electron chi connectivity index (χ2n) is 16.2. The van der Waals surface area contributed by atoms with E-state index < -0.39 is 30.2 Å². The van der Waals surface area contributed by atoms with Crippen LogP contribution in [0.15, 0.2) is 54.7 Å². The van der Waals surface area contributed by atoms with Gasteiger partial charge in [0.15, 0.2) is 19.9 Å². The van der Waals surface area contributed by atoms with Crippen LogP contribution >= 0.6 is 0 Å². The molecule has 9 nitrogen and oxygen atoms in total. The van der Waals surface area contributed by atoms with Gasteiger partial charge in [-0.2, -0.15) is 5.10 Å². The fourth-order valence-corrected chi connectivity index (χ4v) is 7.76. The first-order valence-corrected chi connectivity index (χ1v) is 21.7. The maximum atomic E-state index is 13.2. The number of aromatic nitrogens is 4. The number of pyridine rings is 2. The Kier molecular flexibility index (Phi) is 11.2. The van der Waals surface area contributed by atoms with Crippen LogP contribution in [0, 0.1) is 0 Å². The third-order valence-corrected chi connectivity index (χ3v) is 16.3. The van der Waals surface area contributed by atoms with Crippen molar-refractivity contribution < 1.29 is 14.1 Å². The maximum Gasteiger partial charge on any atom is 0.200 e. The Morgan fingerprint density at radius 2 is 1.71 bits per heavy atom. The Balaban J connectivity index is 1.59. The first kappa shape index (κ1) is 37.6. The van der Waals surface area contributed by atoms with Gasteiger partial charge >= 0.3 is 0 Å². The zero-order valence-electron chi connectivity index (χ0n) is 31.1. The molecule has 0 bridgehead atoms. The van der Waals surface area contributed by atoms with E-state index in [1.807, 2.05) is 75.0 Å². The van der Waals surface area contributed by atoms with Crippen LogP contribution in [0.2, 0.25) is 18.1 Å². The quantitative estimate of drug-likeness (QED) is 0.0924. The van der Waals surface area contributed by atoms with Crippen molar-refractivity contribution in [3.8, 4) is 17.1 Å². The molecule has 2 N–H and O–H groups in total. The first-order chi connectivity index (χ1) is 22.9. The van der Waals surface area contributed by atoms with Crippen LogP contribution < -0.4 is 4.72 Å². The minimum absolute atomic E-state index is 0.112. The Bertz CT molecular complexity index is 1740. The largest absolute Gasteiger partial charge is 0.598 e. The van der Waals surface area contributed by atoms with Gasteiger partial charge in [-0.1, -0.05) is 46.2 Å². The maximum absolute atomic E-state index is 13.2. The summed E-state index contributed by atoms with van der Waals surface area (Å²) in [7, 11) is 0.236. The number of benzene rings is 1. The third kappa shape index (κ3) is 8.47. The summed E-state index contributed by atoms with van der Waals surface area (Å²) in [6.45, 7) is 21.5. The molecule has 266 valence electrons. The Morgan fingerprint density at radius 1 is 1.02 bits per heavy atom. The van der Waals surface area contributed by atoms with E-state index in [1.165, 1.54) is 5.56 Å². The molecule has 0 spiro atoms. The van der Waals surface area contributed by atoms with Crippen molar-refractivity contribution in [3.05, 3.63) is 71.7 Å². The second kappa shape index (κ2) is 14.5. The van der Waals surface area contributed by atoms with E-state index >= 15 is 0 Å². The fourth-order valence-electron chi connectivity index (χ4n) is 6.00. The molecule has 1 aliphatic heterocycles. The van der Waals surface area contributed by atoms with E-state index in [9.17, 15) is 9.66 Å². The number of nitrogens with zero attached hydrogens (tertiary/aromatic N) is 5. The first-order valence-electron chi connectivity index (χ1n) is 17.6. The molecule has 5 rings (SSSR count). The number of likely N-dealkylation sites (tertiary alicyclic amines) is 1. The second-order valence-corrected chi connectivity index (χ2v) is 22.9. The lowest BCUT2D eigenvalue weighted by Gasteiger charge is -2.36. The van der Waals surface area contributed by atoms with Crippen molar-refractivity contribution >= 4 is 30.6 Å². The van der Waals surface area contributed by atoms with Crippen LogP contribution in [0.4, 0.5) is 0 Å². The zero-order valence-corrected chi connectivity index (χ0v) is 32.9. The van der Waals surface area contributed by atoms with Crippen molar-refractivity contribution in [2.75, 3.05) is 20.1 Å². The van der Waals surface area contributed by atoms with Gasteiger partial charge in [-0.15, -0.1) is 4.72 Å². The molecule has 3 aromatic heterocycles. The number of hydrogen-bond acceptors (Lipinski definition) is 8. The molecular weight excluding hydrogens is 649 g/mol. The molecule has 1 aromatic carbocycles. The molecule has 1 saturated heterocycles. The molecule has 0 amide bonds. The van der Waals surface area contributed by atoms with Crippen molar-refractivity contribution in [1.82, 2.24) is 29.4 Å². The topological polar surface area (TPSA) is 111 Å². The molecule has 11 heteroatoms. The monoisotopic (exact) mass is 704 g/mol. The normalized spacial score (nSPS) is 17.4. The Hall–Kier alpha value is -2.64. The molecule has 4 aromatic rings. The third-order valence-electron chi connectivity index (χ3n) is 10.2. The minimum Gasteiger partial charge on any atom is -0.598 e. The van der Waals surface area contributed by atoms with Crippen molar-refractivity contribution in [2.45, 2.75) is 115 Å². The summed E-state index contributed by atoms with van der Waals surface area (Å²) in [6, 6.07) is 16.1. The van der Waals surface area contributed by atoms with Gasteiger partial charge in [0, 0.05) is 22.3 Å². The van der Waals surface area contributed by atoms with Crippen LogP contribution in [0.5, 0.6) is 0 Å². The summed E-state index contributed by atoms with van der Waals surface area (Å²) in [5, 5.41) is 18.0. The molecule has 49 heavy (non-hydrogen) atoms. The number of aliphatic hydroxyl groups is 1. The van der Waals surface area contributed by atoms with Crippen LogP contribution in [0.3, 0.4) is 0 Å². The zero-order chi connectivity index (χ0) is 35.8. The lowest BCUT2D eigenvalue weighted by Crippen LogP contribution is -2.51. The van der Waals surface area contributed by atoms with Crippen molar-refractivity contribution in [1.29, 1.82) is 0 Å². The van der Waals surface area contributed by atoms with Crippen molar-refractivity contribution in [2.24, 2.45) is 0 Å². The average Bonchev–Trinajstić information content (AvgIpc) is 3.47. The van der Waals surface area contributed by atoms with E-state index in [0.717, 1.165) is 59.6 Å². The molecule has 1 fully saturated rings. The van der Waals surface area contributed by atoms with Gasteiger partial charge in [-0.05, 0) is 126 Å².